The second kappa shape index (κ2) is 14.3. The highest BCUT2D eigenvalue weighted by Gasteiger charge is 2.51. The number of hydrogen-bond donors (Lipinski definition) is 5. The Balaban J connectivity index is 1.37. The molecule has 5 atom stereocenters. The van der Waals surface area contributed by atoms with Crippen LogP contribution in [0, 0.1) is 17.8 Å². The number of carbonyl (C=O) groups is 1. The molecule has 0 aromatic heterocycles. The number of allylic oxidation sites excluding steroid dienone is 3. The van der Waals surface area contributed by atoms with Crippen LogP contribution < -0.4 is 30.6 Å². The molecule has 1 fully saturated rings. The number of carbonyl (C=O) groups excluding carboxylic acids is 1. The van der Waals surface area contributed by atoms with Crippen LogP contribution in [0.15, 0.2) is 59.3 Å². The summed E-state index contributed by atoms with van der Waals surface area (Å²) in [5.74, 6) is 8.47. The third kappa shape index (κ3) is 6.23. The lowest BCUT2D eigenvalue weighted by molar-refractivity contribution is -0.141. The number of methoxy groups -OCH3 is 1. The number of phenols is 2. The third-order valence-corrected chi connectivity index (χ3v) is 12.0. The highest BCUT2D eigenvalue weighted by atomic mass is 16.5. The van der Waals surface area contributed by atoms with E-state index >= 15 is 0 Å². The van der Waals surface area contributed by atoms with E-state index in [9.17, 15) is 15.0 Å². The Morgan fingerprint density at radius 1 is 1.15 bits per heavy atom. The maximum atomic E-state index is 12.3. The highest BCUT2D eigenvalue weighted by molar-refractivity contribution is 5.84. The Kier molecular flexibility index (Phi) is 9.49. The molecule has 3 heterocycles. The second-order valence-corrected chi connectivity index (χ2v) is 15.4. The lowest BCUT2D eigenvalue weighted by Crippen LogP contribution is -2.41. The molecule has 3 aliphatic heterocycles. The van der Waals surface area contributed by atoms with Crippen molar-refractivity contribution in [3.05, 3.63) is 87.1 Å². The van der Waals surface area contributed by atoms with Crippen LogP contribution in [0.4, 0.5) is 0 Å². The van der Waals surface area contributed by atoms with E-state index in [0.29, 0.717) is 43.4 Å². The summed E-state index contributed by atoms with van der Waals surface area (Å²) >= 11 is 0. The van der Waals surface area contributed by atoms with Crippen LogP contribution in [0.5, 0.6) is 28.7 Å². The van der Waals surface area contributed by atoms with E-state index in [2.05, 4.69) is 47.6 Å². The summed E-state index contributed by atoms with van der Waals surface area (Å²) in [5, 5.41) is 28.7. The zero-order chi connectivity index (χ0) is 37.7. The van der Waals surface area contributed by atoms with Gasteiger partial charge in [0.1, 0.15) is 36.6 Å². The first-order chi connectivity index (χ1) is 26.1. The predicted molar refractivity (Wildman–Crippen MR) is 206 cm³/mol. The van der Waals surface area contributed by atoms with Crippen molar-refractivity contribution >= 4 is 5.97 Å². The smallest absolute Gasteiger partial charge is 0.302 e. The van der Waals surface area contributed by atoms with Gasteiger partial charge < -0.3 is 45.5 Å². The molecule has 5 aliphatic rings. The molecule has 282 valence electrons. The molecule has 8 rings (SSSR count). The molecule has 10 nitrogen and oxygen atoms in total. The van der Waals surface area contributed by atoms with E-state index in [-0.39, 0.29) is 41.6 Å². The van der Waals surface area contributed by atoms with Crippen molar-refractivity contribution in [2.75, 3.05) is 33.9 Å². The summed E-state index contributed by atoms with van der Waals surface area (Å²) in [5.41, 5.74) is 16.2. The Hall–Kier alpha value is -5.11. The molecule has 5 unspecified atom stereocenters. The minimum absolute atomic E-state index is 0.0189. The Morgan fingerprint density at radius 3 is 2.78 bits per heavy atom. The monoisotopic (exact) mass is 731 g/mol. The van der Waals surface area contributed by atoms with Crippen LogP contribution in [-0.2, 0) is 27.8 Å². The zero-order valence-electron chi connectivity index (χ0n) is 31.4. The largest absolute Gasteiger partial charge is 0.508 e. The zero-order valence-corrected chi connectivity index (χ0v) is 31.4. The van der Waals surface area contributed by atoms with Gasteiger partial charge in [0.2, 0.25) is 0 Å². The molecule has 0 saturated heterocycles. The summed E-state index contributed by atoms with van der Waals surface area (Å²) in [6.45, 7) is 4.62. The molecule has 1 saturated carbocycles. The average molecular weight is 732 g/mol. The van der Waals surface area contributed by atoms with Crippen LogP contribution in [0.2, 0.25) is 0 Å². The molecule has 1 spiro atoms. The van der Waals surface area contributed by atoms with Gasteiger partial charge in [0, 0.05) is 53.6 Å². The van der Waals surface area contributed by atoms with Crippen LogP contribution in [0.25, 0.3) is 11.1 Å². The number of dihydropyridines is 1. The minimum atomic E-state index is -0.566. The van der Waals surface area contributed by atoms with Crippen molar-refractivity contribution < 1.29 is 34.0 Å². The van der Waals surface area contributed by atoms with Crippen molar-refractivity contribution in [3.63, 3.8) is 0 Å². The van der Waals surface area contributed by atoms with Gasteiger partial charge in [-0.25, -0.2) is 0 Å². The van der Waals surface area contributed by atoms with Gasteiger partial charge in [-0.1, -0.05) is 31.1 Å². The fraction of sp³-hybridized carbons (Fsp3) is 0.432. The van der Waals surface area contributed by atoms with Crippen molar-refractivity contribution in [2.45, 2.75) is 82.4 Å². The standard InChI is InChI=1S/C44H49N3O7/c1-5-26-16-28-15-25-11-12-44(21-25)22-29-17-30(49)19-38(51-4)39(29)32-10-9-31-34(23-53-24(2)48)41(54-42(31)40(32)44)33-20-37(52-14-13-46-3)36(50)18-27(33)7-6-8-35(28)47-43(26)45/h9-10,16-20,25,34,41,43,46-47,49-50H,5,7,11-15,21-23,45H2,1-4H3. The van der Waals surface area contributed by atoms with Gasteiger partial charge in [0.05, 0.1) is 24.9 Å². The van der Waals surface area contributed by atoms with Crippen LogP contribution in [0.3, 0.4) is 0 Å². The minimum Gasteiger partial charge on any atom is -0.508 e. The lowest BCUT2D eigenvalue weighted by Gasteiger charge is -2.39. The number of likely N-dealkylation sites (N-methyl/N-ethyl adjacent to an activating group) is 1. The summed E-state index contributed by atoms with van der Waals surface area (Å²) < 4.78 is 25.0. The molecular formula is C44H49N3O7. The number of ether oxygens (including phenoxy) is 4. The summed E-state index contributed by atoms with van der Waals surface area (Å²) in [7, 11) is 3.49. The Morgan fingerprint density at radius 2 is 2.00 bits per heavy atom. The van der Waals surface area contributed by atoms with Gasteiger partial charge in [0.25, 0.3) is 0 Å². The van der Waals surface area contributed by atoms with Crippen molar-refractivity contribution in [1.29, 1.82) is 0 Å². The molecule has 0 radical (unpaired) electrons. The summed E-state index contributed by atoms with van der Waals surface area (Å²) in [6, 6.07) is 11.4. The first-order valence-electron chi connectivity index (χ1n) is 19.1. The van der Waals surface area contributed by atoms with Gasteiger partial charge in [-0.3, -0.25) is 4.79 Å². The molecule has 6 N–H and O–H groups in total. The highest BCUT2D eigenvalue weighted by Crippen LogP contribution is 2.62. The maximum Gasteiger partial charge on any atom is 0.302 e. The number of aromatic hydroxyl groups is 2. The first-order valence-corrected chi connectivity index (χ1v) is 19.1. The van der Waals surface area contributed by atoms with E-state index in [1.54, 1.807) is 19.2 Å². The van der Waals surface area contributed by atoms with Crippen molar-refractivity contribution in [3.8, 4) is 51.7 Å². The number of nitrogens with one attached hydrogen (secondary N) is 2. The number of esters is 1. The number of rotatable bonds is 8. The van der Waals surface area contributed by atoms with Gasteiger partial charge in [0.15, 0.2) is 11.5 Å². The second-order valence-electron chi connectivity index (χ2n) is 15.4. The SMILES string of the molecule is CCC1=CC2=C(C#CCc3cc(O)c(OCCNC)cc3C3Oc4c(ccc5c4C4(CCC(C2)C4)Cc2cc(O)cc(OC)c2-5)C3COC(C)=O)NC1N. The molecule has 0 amide bonds. The molecule has 4 bridgehead atoms. The van der Waals surface area contributed by atoms with Gasteiger partial charge >= 0.3 is 5.97 Å². The Bertz CT molecular complexity index is 2150. The molecule has 54 heavy (non-hydrogen) atoms. The molecule has 10 heteroatoms. The number of nitrogens with two attached hydrogens (primary N) is 1. The van der Waals surface area contributed by atoms with Crippen molar-refractivity contribution in [1.82, 2.24) is 10.6 Å². The summed E-state index contributed by atoms with van der Waals surface area (Å²) in [4.78, 5) is 12.3. The van der Waals surface area contributed by atoms with Crippen LogP contribution in [-0.4, -0.2) is 56.3 Å². The molecular weight excluding hydrogens is 682 g/mol. The predicted octanol–water partition coefficient (Wildman–Crippen LogP) is 6.17. The van der Waals surface area contributed by atoms with Gasteiger partial charge in [-0.2, -0.15) is 0 Å². The fourth-order valence-electron chi connectivity index (χ4n) is 9.59. The van der Waals surface area contributed by atoms with Crippen molar-refractivity contribution in [2.24, 2.45) is 11.7 Å². The van der Waals surface area contributed by atoms with Gasteiger partial charge in [-0.15, -0.1) is 0 Å². The third-order valence-electron chi connectivity index (χ3n) is 12.0. The number of phenolic OH excluding ortho intramolecular Hbond substituents is 2. The normalized spacial score (nSPS) is 24.6. The average Bonchev–Trinajstić information content (AvgIpc) is 3.72. The maximum absolute atomic E-state index is 12.3. The van der Waals surface area contributed by atoms with E-state index in [4.69, 9.17) is 24.7 Å². The molecule has 3 aromatic rings. The number of fused-ring (bicyclic) bond motifs is 6. The quantitative estimate of drug-likeness (QED) is 0.104. The Labute approximate surface area is 316 Å². The van der Waals surface area contributed by atoms with Gasteiger partial charge in [-0.05, 0) is 103 Å². The number of benzene rings is 3. The summed E-state index contributed by atoms with van der Waals surface area (Å²) in [6.07, 6.45) is 6.95. The fourth-order valence-corrected chi connectivity index (χ4v) is 9.59. The van der Waals surface area contributed by atoms with Crippen LogP contribution >= 0.6 is 0 Å². The molecule has 3 aromatic carbocycles. The topological polar surface area (TPSA) is 145 Å². The van der Waals surface area contributed by atoms with E-state index in [0.717, 1.165) is 88.1 Å². The number of hydrogen-bond acceptors (Lipinski definition) is 10. The lowest BCUT2D eigenvalue weighted by atomic mass is 9.65. The van der Waals surface area contributed by atoms with Crippen LogP contribution in [0.1, 0.15) is 85.8 Å². The van der Waals surface area contributed by atoms with E-state index in [1.807, 2.05) is 19.2 Å². The first kappa shape index (κ1) is 35.9. The van der Waals surface area contributed by atoms with E-state index < -0.39 is 6.10 Å². The molecule has 2 aliphatic carbocycles. The van der Waals surface area contributed by atoms with E-state index in [1.165, 1.54) is 12.5 Å².